The maximum absolute atomic E-state index is 12.0. The fraction of sp³-hybridized carbons (Fsp3) is 0.846. The Morgan fingerprint density at radius 3 is 2.35 bits per heavy atom. The molecule has 1 saturated heterocycles. The summed E-state index contributed by atoms with van der Waals surface area (Å²) >= 11 is 0. The monoisotopic (exact) mass is 236 g/mol. The molecule has 4 heteroatoms. The van der Waals surface area contributed by atoms with Gasteiger partial charge < -0.3 is 10.2 Å². The van der Waals surface area contributed by atoms with Crippen molar-refractivity contribution in [3.8, 4) is 0 Å². The molecule has 0 unspecified atom stereocenters. The second kappa shape index (κ2) is 4.31. The molecule has 0 bridgehead atoms. The van der Waals surface area contributed by atoms with E-state index in [0.29, 0.717) is 5.91 Å². The molecule has 3 rings (SSSR count). The van der Waals surface area contributed by atoms with Gasteiger partial charge in [0.2, 0.25) is 11.8 Å². The Hall–Kier alpha value is -1.06. The van der Waals surface area contributed by atoms with Crippen molar-refractivity contribution in [2.45, 2.75) is 44.6 Å². The molecule has 3 aliphatic rings. The largest absolute Gasteiger partial charge is 0.351 e. The molecular weight excluding hydrogens is 216 g/mol. The number of carbonyl (C=O) groups excluding carboxylic acids is 2. The van der Waals surface area contributed by atoms with Crippen LogP contribution in [0.4, 0.5) is 0 Å². The molecule has 0 aromatic rings. The fourth-order valence-corrected chi connectivity index (χ4v) is 2.66. The highest BCUT2D eigenvalue weighted by Crippen LogP contribution is 2.31. The first kappa shape index (κ1) is 11.1. The van der Waals surface area contributed by atoms with Crippen LogP contribution in [0, 0.1) is 11.8 Å². The SMILES string of the molecule is O=C(N[C@@H]1CCN(C(=O)C2CCC2)C1)C1CC1. The average Bonchev–Trinajstić information content (AvgIpc) is 2.97. The average molecular weight is 236 g/mol. The molecule has 17 heavy (non-hydrogen) atoms. The topological polar surface area (TPSA) is 49.4 Å². The molecule has 0 aromatic carbocycles. The van der Waals surface area contributed by atoms with Crippen LogP contribution in [0.5, 0.6) is 0 Å². The normalized spacial score (nSPS) is 28.9. The lowest BCUT2D eigenvalue weighted by atomic mass is 9.84. The molecule has 1 atom stereocenters. The summed E-state index contributed by atoms with van der Waals surface area (Å²) in [6, 6.07) is 0.201. The maximum atomic E-state index is 12.0. The Kier molecular flexibility index (Phi) is 2.81. The molecule has 2 amide bonds. The van der Waals surface area contributed by atoms with Gasteiger partial charge in [-0.25, -0.2) is 0 Å². The highest BCUT2D eigenvalue weighted by atomic mass is 16.2. The Morgan fingerprint density at radius 1 is 1.00 bits per heavy atom. The van der Waals surface area contributed by atoms with Crippen molar-refractivity contribution in [3.63, 3.8) is 0 Å². The number of nitrogens with one attached hydrogen (secondary N) is 1. The Morgan fingerprint density at radius 2 is 1.76 bits per heavy atom. The first-order valence-corrected chi connectivity index (χ1v) is 6.83. The van der Waals surface area contributed by atoms with Crippen LogP contribution >= 0.6 is 0 Å². The molecule has 0 radical (unpaired) electrons. The summed E-state index contributed by atoms with van der Waals surface area (Å²) in [4.78, 5) is 25.6. The summed E-state index contributed by atoms with van der Waals surface area (Å²) in [7, 11) is 0. The van der Waals surface area contributed by atoms with Crippen molar-refractivity contribution in [1.82, 2.24) is 10.2 Å². The van der Waals surface area contributed by atoms with Gasteiger partial charge in [0.1, 0.15) is 0 Å². The second-order valence-corrected chi connectivity index (χ2v) is 5.68. The molecule has 1 heterocycles. The van der Waals surface area contributed by atoms with Gasteiger partial charge in [-0.2, -0.15) is 0 Å². The van der Waals surface area contributed by atoms with Crippen LogP contribution in [0.3, 0.4) is 0 Å². The van der Waals surface area contributed by atoms with Gasteiger partial charge in [0.25, 0.3) is 0 Å². The van der Waals surface area contributed by atoms with E-state index in [1.807, 2.05) is 4.90 Å². The molecule has 2 aliphatic carbocycles. The van der Waals surface area contributed by atoms with Gasteiger partial charge in [-0.15, -0.1) is 0 Å². The summed E-state index contributed by atoms with van der Waals surface area (Å²) < 4.78 is 0. The Balaban J connectivity index is 1.47. The predicted molar refractivity (Wildman–Crippen MR) is 63.2 cm³/mol. The second-order valence-electron chi connectivity index (χ2n) is 5.68. The van der Waals surface area contributed by atoms with Gasteiger partial charge in [-0.1, -0.05) is 6.42 Å². The van der Waals surface area contributed by atoms with E-state index in [9.17, 15) is 9.59 Å². The lowest BCUT2D eigenvalue weighted by Crippen LogP contribution is -2.41. The van der Waals surface area contributed by atoms with Crippen LogP contribution in [0.2, 0.25) is 0 Å². The van der Waals surface area contributed by atoms with Gasteiger partial charge in [-0.05, 0) is 32.1 Å². The molecule has 4 nitrogen and oxygen atoms in total. The quantitative estimate of drug-likeness (QED) is 0.792. The zero-order valence-electron chi connectivity index (χ0n) is 10.2. The van der Waals surface area contributed by atoms with Crippen LogP contribution in [0.15, 0.2) is 0 Å². The number of rotatable bonds is 3. The fourth-order valence-electron chi connectivity index (χ4n) is 2.66. The predicted octanol–water partition coefficient (Wildman–Crippen LogP) is 0.914. The minimum absolute atomic E-state index is 0.201. The third-order valence-electron chi connectivity index (χ3n) is 4.25. The van der Waals surface area contributed by atoms with Crippen molar-refractivity contribution in [3.05, 3.63) is 0 Å². The highest BCUT2D eigenvalue weighted by molar-refractivity contribution is 5.82. The summed E-state index contributed by atoms with van der Waals surface area (Å²) in [6.45, 7) is 1.55. The van der Waals surface area contributed by atoms with Crippen molar-refractivity contribution in [2.24, 2.45) is 11.8 Å². The van der Waals surface area contributed by atoms with Gasteiger partial charge in [0.05, 0.1) is 0 Å². The molecule has 0 spiro atoms. The van der Waals surface area contributed by atoms with E-state index in [1.165, 1.54) is 6.42 Å². The van der Waals surface area contributed by atoms with Crippen LogP contribution < -0.4 is 5.32 Å². The number of hydrogen-bond acceptors (Lipinski definition) is 2. The molecule has 2 saturated carbocycles. The molecule has 94 valence electrons. The Labute approximate surface area is 102 Å². The van der Waals surface area contributed by atoms with Crippen LogP contribution in [-0.4, -0.2) is 35.8 Å². The van der Waals surface area contributed by atoms with Crippen molar-refractivity contribution >= 4 is 11.8 Å². The van der Waals surface area contributed by atoms with E-state index in [4.69, 9.17) is 0 Å². The third-order valence-corrected chi connectivity index (χ3v) is 4.25. The van der Waals surface area contributed by atoms with Crippen LogP contribution in [0.1, 0.15) is 38.5 Å². The van der Waals surface area contributed by atoms with Crippen molar-refractivity contribution < 1.29 is 9.59 Å². The number of likely N-dealkylation sites (tertiary alicyclic amines) is 1. The van der Waals surface area contributed by atoms with Gasteiger partial charge in [-0.3, -0.25) is 9.59 Å². The molecular formula is C13H20N2O2. The summed E-state index contributed by atoms with van der Waals surface area (Å²) in [5.41, 5.74) is 0. The molecule has 0 aromatic heterocycles. The minimum Gasteiger partial charge on any atom is -0.351 e. The number of carbonyl (C=O) groups is 2. The molecule has 3 fully saturated rings. The van der Waals surface area contributed by atoms with E-state index < -0.39 is 0 Å². The minimum atomic E-state index is 0.201. The molecule has 1 aliphatic heterocycles. The number of nitrogens with zero attached hydrogens (tertiary/aromatic N) is 1. The first-order valence-electron chi connectivity index (χ1n) is 6.83. The number of hydrogen-bond donors (Lipinski definition) is 1. The highest BCUT2D eigenvalue weighted by Gasteiger charge is 2.36. The zero-order valence-corrected chi connectivity index (χ0v) is 10.2. The standard InChI is InChI=1S/C13H20N2O2/c16-12(9-4-5-9)14-11-6-7-15(8-11)13(17)10-2-1-3-10/h9-11H,1-8H2,(H,14,16)/t11-/m1/s1. The molecule has 1 N–H and O–H groups in total. The van der Waals surface area contributed by atoms with E-state index in [2.05, 4.69) is 5.32 Å². The van der Waals surface area contributed by atoms with E-state index in [0.717, 1.165) is 45.2 Å². The van der Waals surface area contributed by atoms with E-state index in [-0.39, 0.29) is 23.8 Å². The maximum Gasteiger partial charge on any atom is 0.225 e. The first-order chi connectivity index (χ1) is 8.24. The smallest absolute Gasteiger partial charge is 0.225 e. The summed E-state index contributed by atoms with van der Waals surface area (Å²) in [5, 5.41) is 3.07. The number of amides is 2. The lowest BCUT2D eigenvalue weighted by Gasteiger charge is -2.29. The van der Waals surface area contributed by atoms with Gasteiger partial charge in [0.15, 0.2) is 0 Å². The third kappa shape index (κ3) is 2.31. The summed E-state index contributed by atoms with van der Waals surface area (Å²) in [5.74, 6) is 1.08. The zero-order chi connectivity index (χ0) is 11.8. The van der Waals surface area contributed by atoms with Crippen LogP contribution in [0.25, 0.3) is 0 Å². The van der Waals surface area contributed by atoms with Gasteiger partial charge >= 0.3 is 0 Å². The van der Waals surface area contributed by atoms with E-state index in [1.54, 1.807) is 0 Å². The van der Waals surface area contributed by atoms with Gasteiger partial charge in [0, 0.05) is 31.0 Å². The van der Waals surface area contributed by atoms with Crippen molar-refractivity contribution in [1.29, 1.82) is 0 Å². The van der Waals surface area contributed by atoms with Crippen LogP contribution in [-0.2, 0) is 9.59 Å². The lowest BCUT2D eigenvalue weighted by molar-refractivity contribution is -0.137. The van der Waals surface area contributed by atoms with Crippen molar-refractivity contribution in [2.75, 3.05) is 13.1 Å². The Bertz CT molecular complexity index is 334. The summed E-state index contributed by atoms with van der Waals surface area (Å²) in [6.07, 6.45) is 6.35. The van der Waals surface area contributed by atoms with E-state index >= 15 is 0 Å².